The van der Waals surface area contributed by atoms with Crippen LogP contribution in [0.3, 0.4) is 0 Å². The van der Waals surface area contributed by atoms with Gasteiger partial charge in [0, 0.05) is 29.1 Å². The molecule has 0 N–H and O–H groups in total. The first kappa shape index (κ1) is 21.5. The van der Waals surface area contributed by atoms with Crippen LogP contribution in [0, 0.1) is 6.92 Å². The molecular weight excluding hydrogens is 424 g/mol. The fourth-order valence-electron chi connectivity index (χ4n) is 3.11. The lowest BCUT2D eigenvalue weighted by Gasteiger charge is -2.18. The van der Waals surface area contributed by atoms with Crippen LogP contribution in [0.5, 0.6) is 0 Å². The summed E-state index contributed by atoms with van der Waals surface area (Å²) < 4.78 is 10.8. The van der Waals surface area contributed by atoms with Gasteiger partial charge in [-0.1, -0.05) is 77.6 Å². The van der Waals surface area contributed by atoms with Crippen LogP contribution in [-0.2, 0) is 10.5 Å². The van der Waals surface area contributed by atoms with Gasteiger partial charge in [-0.15, -0.1) is 0 Å². The van der Waals surface area contributed by atoms with Gasteiger partial charge < -0.3 is 9.26 Å². The van der Waals surface area contributed by atoms with Crippen molar-refractivity contribution in [2.45, 2.75) is 23.8 Å². The van der Waals surface area contributed by atoms with E-state index < -0.39 is 12.1 Å². The van der Waals surface area contributed by atoms with Crippen LogP contribution in [-0.4, -0.2) is 21.9 Å². The predicted molar refractivity (Wildman–Crippen MR) is 120 cm³/mol. The zero-order chi connectivity index (χ0) is 22.3. The quantitative estimate of drug-likeness (QED) is 0.203. The molecule has 4 rings (SSSR count). The molecule has 2 aromatic carbocycles. The summed E-state index contributed by atoms with van der Waals surface area (Å²) in [5.74, 6) is 0.294. The second-order valence-electron chi connectivity index (χ2n) is 7.00. The fraction of sp³-hybridized carbons (Fsp3) is 0.120. The highest BCUT2D eigenvalue weighted by atomic mass is 32.2. The average Bonchev–Trinajstić information content (AvgIpc) is 3.27. The van der Waals surface area contributed by atoms with E-state index in [1.807, 2.05) is 25.1 Å². The maximum atomic E-state index is 13.2. The molecule has 32 heavy (non-hydrogen) atoms. The number of hydrogen-bond acceptors (Lipinski definition) is 7. The molecule has 0 aliphatic heterocycles. The number of esters is 1. The van der Waals surface area contributed by atoms with Gasteiger partial charge in [-0.3, -0.25) is 4.79 Å². The number of thioether (sulfide) groups is 1. The molecule has 0 saturated carbocycles. The standard InChI is InChI=1S/C25H20N2O4S/c1-17-15-20(27-31-17)16-32-24-21(13-8-14-26-24)25(29)30-23(19-11-6-3-7-12-19)22(28)18-9-4-2-5-10-18/h2-15,23H,16H2,1H3. The maximum Gasteiger partial charge on any atom is 0.341 e. The van der Waals surface area contributed by atoms with Gasteiger partial charge in [0.1, 0.15) is 10.8 Å². The van der Waals surface area contributed by atoms with Crippen molar-refractivity contribution in [3.8, 4) is 0 Å². The number of carbonyl (C=O) groups excluding carboxylic acids is 2. The molecule has 0 fully saturated rings. The van der Waals surface area contributed by atoms with Gasteiger partial charge in [0.05, 0.1) is 11.3 Å². The third-order valence-electron chi connectivity index (χ3n) is 4.65. The number of pyridine rings is 1. The van der Waals surface area contributed by atoms with E-state index >= 15 is 0 Å². The molecule has 1 atom stereocenters. The smallest absolute Gasteiger partial charge is 0.341 e. The molecule has 2 aromatic heterocycles. The number of ether oxygens (including phenoxy) is 1. The lowest BCUT2D eigenvalue weighted by Crippen LogP contribution is -2.21. The van der Waals surface area contributed by atoms with Crippen LogP contribution < -0.4 is 0 Å². The summed E-state index contributed by atoms with van der Waals surface area (Å²) in [6.07, 6.45) is 0.541. The van der Waals surface area contributed by atoms with Crippen molar-refractivity contribution >= 4 is 23.5 Å². The van der Waals surface area contributed by atoms with Crippen LogP contribution >= 0.6 is 11.8 Å². The van der Waals surface area contributed by atoms with Gasteiger partial charge in [0.15, 0.2) is 6.10 Å². The van der Waals surface area contributed by atoms with Crippen molar-refractivity contribution in [2.75, 3.05) is 0 Å². The van der Waals surface area contributed by atoms with Gasteiger partial charge in [-0.2, -0.15) is 0 Å². The Morgan fingerprint density at radius 2 is 1.72 bits per heavy atom. The Kier molecular flexibility index (Phi) is 6.77. The molecule has 0 spiro atoms. The van der Waals surface area contributed by atoms with Gasteiger partial charge >= 0.3 is 5.97 Å². The lowest BCUT2D eigenvalue weighted by atomic mass is 10.00. The fourth-order valence-corrected chi connectivity index (χ4v) is 3.98. The van der Waals surface area contributed by atoms with Gasteiger partial charge in [-0.05, 0) is 19.1 Å². The first-order valence-corrected chi connectivity index (χ1v) is 11.0. The number of aryl methyl sites for hydroxylation is 1. The minimum Gasteiger partial charge on any atom is -0.445 e. The lowest BCUT2D eigenvalue weighted by molar-refractivity contribution is 0.0276. The van der Waals surface area contributed by atoms with Crippen molar-refractivity contribution in [2.24, 2.45) is 0 Å². The maximum absolute atomic E-state index is 13.2. The minimum absolute atomic E-state index is 0.290. The number of hydrogen-bond donors (Lipinski definition) is 0. The van der Waals surface area contributed by atoms with E-state index in [2.05, 4.69) is 10.1 Å². The largest absolute Gasteiger partial charge is 0.445 e. The number of rotatable bonds is 8. The van der Waals surface area contributed by atoms with E-state index in [1.165, 1.54) is 11.8 Å². The summed E-state index contributed by atoms with van der Waals surface area (Å²) >= 11 is 1.35. The number of benzene rings is 2. The Bertz CT molecular complexity index is 1210. The highest BCUT2D eigenvalue weighted by molar-refractivity contribution is 7.98. The van der Waals surface area contributed by atoms with Crippen molar-refractivity contribution in [3.63, 3.8) is 0 Å². The highest BCUT2D eigenvalue weighted by Crippen LogP contribution is 2.28. The van der Waals surface area contributed by atoms with Gasteiger partial charge in [-0.25, -0.2) is 9.78 Å². The van der Waals surface area contributed by atoms with Crippen LogP contribution in [0.15, 0.2) is 94.6 Å². The molecule has 0 amide bonds. The third-order valence-corrected chi connectivity index (χ3v) is 5.69. The molecule has 4 aromatic rings. The molecule has 1 unspecified atom stereocenters. The average molecular weight is 445 g/mol. The molecule has 7 heteroatoms. The van der Waals surface area contributed by atoms with E-state index in [-0.39, 0.29) is 5.78 Å². The number of carbonyl (C=O) groups is 2. The Hall–Kier alpha value is -3.71. The first-order valence-electron chi connectivity index (χ1n) is 9.97. The predicted octanol–water partition coefficient (Wildman–Crippen LogP) is 5.45. The van der Waals surface area contributed by atoms with Crippen LogP contribution in [0.1, 0.15) is 43.8 Å². The second-order valence-corrected chi connectivity index (χ2v) is 7.96. The first-order chi connectivity index (χ1) is 15.6. The summed E-state index contributed by atoms with van der Waals surface area (Å²) in [5, 5.41) is 4.46. The molecule has 2 heterocycles. The Morgan fingerprint density at radius 1 is 1.00 bits per heavy atom. The molecule has 0 bridgehead atoms. The number of Topliss-reactive ketones (excluding diaryl/α,β-unsaturated/α-hetero) is 1. The topological polar surface area (TPSA) is 82.3 Å². The molecule has 6 nitrogen and oxygen atoms in total. The molecule has 160 valence electrons. The molecular formula is C25H20N2O4S. The number of aromatic nitrogens is 2. The summed E-state index contributed by atoms with van der Waals surface area (Å²) in [7, 11) is 0. The highest BCUT2D eigenvalue weighted by Gasteiger charge is 2.28. The third kappa shape index (κ3) is 5.12. The molecule has 0 aliphatic rings. The summed E-state index contributed by atoms with van der Waals surface area (Å²) in [6.45, 7) is 1.82. The summed E-state index contributed by atoms with van der Waals surface area (Å²) in [6, 6.07) is 22.9. The van der Waals surface area contributed by atoms with Gasteiger partial charge in [0.2, 0.25) is 5.78 Å². The summed E-state index contributed by atoms with van der Waals surface area (Å²) in [4.78, 5) is 30.7. The Labute approximate surface area is 189 Å². The van der Waals surface area contributed by atoms with Crippen molar-refractivity contribution < 1.29 is 18.8 Å². The van der Waals surface area contributed by atoms with Crippen LogP contribution in [0.25, 0.3) is 0 Å². The van der Waals surface area contributed by atoms with E-state index in [9.17, 15) is 9.59 Å². The van der Waals surface area contributed by atoms with Crippen molar-refractivity contribution in [3.05, 3.63) is 113 Å². The molecule has 0 radical (unpaired) electrons. The van der Waals surface area contributed by atoms with Gasteiger partial charge in [0.25, 0.3) is 0 Å². The number of ketones is 1. The minimum atomic E-state index is -1.07. The zero-order valence-electron chi connectivity index (χ0n) is 17.3. The van der Waals surface area contributed by atoms with E-state index in [0.717, 1.165) is 5.69 Å². The van der Waals surface area contributed by atoms with E-state index in [4.69, 9.17) is 9.26 Å². The van der Waals surface area contributed by atoms with Crippen LogP contribution in [0.4, 0.5) is 0 Å². The normalized spacial score (nSPS) is 11.7. The van der Waals surface area contributed by atoms with Crippen molar-refractivity contribution in [1.29, 1.82) is 0 Å². The molecule has 0 aliphatic carbocycles. The number of nitrogens with zero attached hydrogens (tertiary/aromatic N) is 2. The van der Waals surface area contributed by atoms with E-state index in [0.29, 0.717) is 33.2 Å². The Morgan fingerprint density at radius 3 is 2.41 bits per heavy atom. The second kappa shape index (κ2) is 10.1. The monoisotopic (exact) mass is 444 g/mol. The Balaban J connectivity index is 1.58. The van der Waals surface area contributed by atoms with Crippen LogP contribution in [0.2, 0.25) is 0 Å². The summed E-state index contributed by atoms with van der Waals surface area (Å²) in [5.41, 5.74) is 2.11. The van der Waals surface area contributed by atoms with Crippen molar-refractivity contribution in [1.82, 2.24) is 10.1 Å². The van der Waals surface area contributed by atoms with E-state index in [1.54, 1.807) is 66.9 Å². The SMILES string of the molecule is Cc1cc(CSc2ncccc2C(=O)OC(C(=O)c2ccccc2)c2ccccc2)no1. The zero-order valence-corrected chi connectivity index (χ0v) is 18.1. The molecule has 0 saturated heterocycles.